The molecule has 0 unspecified atom stereocenters. The van der Waals surface area contributed by atoms with Gasteiger partial charge in [-0.25, -0.2) is 9.59 Å². The van der Waals surface area contributed by atoms with Crippen LogP contribution in [0.4, 0.5) is 0 Å². The second-order valence-electron chi connectivity index (χ2n) is 6.10. The average Bonchev–Trinajstić information content (AvgIpc) is 2.76. The summed E-state index contributed by atoms with van der Waals surface area (Å²) in [5.41, 5.74) is 1.17. The van der Waals surface area contributed by atoms with E-state index in [9.17, 15) is 14.4 Å². The number of ether oxygens (including phenoxy) is 4. The van der Waals surface area contributed by atoms with Gasteiger partial charge >= 0.3 is 11.9 Å². The summed E-state index contributed by atoms with van der Waals surface area (Å²) in [7, 11) is 1.58. The van der Waals surface area contributed by atoms with Crippen LogP contribution in [-0.4, -0.2) is 44.8 Å². The van der Waals surface area contributed by atoms with Crippen molar-refractivity contribution in [2.75, 3.05) is 26.9 Å². The van der Waals surface area contributed by atoms with Crippen molar-refractivity contribution in [2.45, 2.75) is 20.4 Å². The number of esters is 2. The van der Waals surface area contributed by atoms with E-state index in [4.69, 9.17) is 18.9 Å². The van der Waals surface area contributed by atoms with Crippen LogP contribution in [0, 0.1) is 0 Å². The Morgan fingerprint density at radius 1 is 0.833 bits per heavy atom. The summed E-state index contributed by atoms with van der Waals surface area (Å²) < 4.78 is 20.5. The van der Waals surface area contributed by atoms with Gasteiger partial charge in [0.2, 0.25) is 0 Å². The summed E-state index contributed by atoms with van der Waals surface area (Å²) in [6.07, 6.45) is 0. The topological polar surface area (TPSA) is 100 Å². The molecular formula is C22H25NO7. The molecule has 0 aliphatic carbocycles. The van der Waals surface area contributed by atoms with Crippen molar-refractivity contribution in [1.82, 2.24) is 5.32 Å². The van der Waals surface area contributed by atoms with Crippen LogP contribution in [0.15, 0.2) is 42.5 Å². The summed E-state index contributed by atoms with van der Waals surface area (Å²) >= 11 is 0. The first-order valence-corrected chi connectivity index (χ1v) is 9.48. The van der Waals surface area contributed by atoms with Crippen LogP contribution in [0.3, 0.4) is 0 Å². The highest BCUT2D eigenvalue weighted by molar-refractivity contribution is 5.96. The molecule has 8 nitrogen and oxygen atoms in total. The van der Waals surface area contributed by atoms with Gasteiger partial charge in [0.15, 0.2) is 6.61 Å². The third kappa shape index (κ3) is 6.80. The molecule has 1 N–H and O–H groups in total. The normalized spacial score (nSPS) is 10.1. The molecule has 0 aliphatic rings. The van der Waals surface area contributed by atoms with Gasteiger partial charge in [-0.2, -0.15) is 0 Å². The summed E-state index contributed by atoms with van der Waals surface area (Å²) in [6.45, 7) is 3.77. The van der Waals surface area contributed by atoms with E-state index in [-0.39, 0.29) is 42.6 Å². The highest BCUT2D eigenvalue weighted by atomic mass is 16.5. The maximum Gasteiger partial charge on any atom is 0.338 e. The highest BCUT2D eigenvalue weighted by Gasteiger charge is 2.16. The SMILES string of the molecule is CCOC(=O)c1cc(OCC(=O)NCc2ccc(OC)cc2)cc(C(=O)OCC)c1. The second-order valence-corrected chi connectivity index (χ2v) is 6.10. The third-order valence-electron chi connectivity index (χ3n) is 3.95. The lowest BCUT2D eigenvalue weighted by Gasteiger charge is -2.11. The first kappa shape index (κ1) is 22.7. The fourth-order valence-electron chi connectivity index (χ4n) is 2.49. The predicted octanol–water partition coefficient (Wildman–Crippen LogP) is 2.74. The van der Waals surface area contributed by atoms with E-state index in [1.165, 1.54) is 18.2 Å². The standard InChI is InChI=1S/C22H25NO7/c1-4-28-21(25)16-10-17(22(26)29-5-2)12-19(11-16)30-14-20(24)23-13-15-6-8-18(27-3)9-7-15/h6-12H,4-5,13-14H2,1-3H3,(H,23,24). The first-order chi connectivity index (χ1) is 14.5. The minimum atomic E-state index is -0.600. The Morgan fingerprint density at radius 2 is 1.40 bits per heavy atom. The predicted molar refractivity (Wildman–Crippen MR) is 109 cm³/mol. The maximum atomic E-state index is 12.1. The average molecular weight is 415 g/mol. The van der Waals surface area contributed by atoms with E-state index in [2.05, 4.69) is 5.32 Å². The molecule has 0 aliphatic heterocycles. The van der Waals surface area contributed by atoms with Crippen LogP contribution in [-0.2, 0) is 20.8 Å². The Kier molecular flexibility index (Phi) is 8.68. The van der Waals surface area contributed by atoms with Gasteiger partial charge in [-0.15, -0.1) is 0 Å². The molecule has 0 radical (unpaired) electrons. The molecule has 1 amide bonds. The van der Waals surface area contributed by atoms with Crippen molar-refractivity contribution in [1.29, 1.82) is 0 Å². The number of amides is 1. The zero-order chi connectivity index (χ0) is 21.9. The number of nitrogens with one attached hydrogen (secondary N) is 1. The molecule has 0 saturated carbocycles. The van der Waals surface area contributed by atoms with Crippen LogP contribution in [0.1, 0.15) is 40.1 Å². The lowest BCUT2D eigenvalue weighted by Crippen LogP contribution is -2.28. The van der Waals surface area contributed by atoms with Crippen molar-refractivity contribution in [3.05, 3.63) is 59.2 Å². The smallest absolute Gasteiger partial charge is 0.338 e. The van der Waals surface area contributed by atoms with Crippen molar-refractivity contribution in [2.24, 2.45) is 0 Å². The van der Waals surface area contributed by atoms with Crippen LogP contribution >= 0.6 is 0 Å². The summed E-state index contributed by atoms with van der Waals surface area (Å²) in [6, 6.07) is 11.5. The van der Waals surface area contributed by atoms with Crippen LogP contribution in [0.2, 0.25) is 0 Å². The molecule has 2 aromatic carbocycles. The Morgan fingerprint density at radius 3 is 1.90 bits per heavy atom. The zero-order valence-corrected chi connectivity index (χ0v) is 17.2. The summed E-state index contributed by atoms with van der Waals surface area (Å²) in [5.74, 6) is -0.643. The lowest BCUT2D eigenvalue weighted by molar-refractivity contribution is -0.123. The van der Waals surface area contributed by atoms with Crippen molar-refractivity contribution < 1.29 is 33.3 Å². The quantitative estimate of drug-likeness (QED) is 0.596. The Hall–Kier alpha value is -3.55. The van der Waals surface area contributed by atoms with Crippen LogP contribution < -0.4 is 14.8 Å². The van der Waals surface area contributed by atoms with E-state index < -0.39 is 11.9 Å². The van der Waals surface area contributed by atoms with Gasteiger partial charge < -0.3 is 24.3 Å². The van der Waals surface area contributed by atoms with Crippen molar-refractivity contribution in [3.8, 4) is 11.5 Å². The first-order valence-electron chi connectivity index (χ1n) is 9.48. The second kappa shape index (κ2) is 11.5. The van der Waals surface area contributed by atoms with Crippen molar-refractivity contribution >= 4 is 17.8 Å². The monoisotopic (exact) mass is 415 g/mol. The Labute approximate surface area is 175 Å². The number of hydrogen-bond donors (Lipinski definition) is 1. The van der Waals surface area contributed by atoms with E-state index in [0.717, 1.165) is 11.3 Å². The summed E-state index contributed by atoms with van der Waals surface area (Å²) in [5, 5.41) is 2.73. The number of hydrogen-bond acceptors (Lipinski definition) is 7. The third-order valence-corrected chi connectivity index (χ3v) is 3.95. The van der Waals surface area contributed by atoms with Gasteiger partial charge in [0, 0.05) is 6.54 Å². The molecule has 0 bridgehead atoms. The van der Waals surface area contributed by atoms with E-state index in [1.54, 1.807) is 33.1 Å². The number of methoxy groups -OCH3 is 1. The molecule has 0 heterocycles. The van der Waals surface area contributed by atoms with Gasteiger partial charge in [0.1, 0.15) is 11.5 Å². The molecule has 30 heavy (non-hydrogen) atoms. The molecule has 2 aromatic rings. The molecule has 0 fully saturated rings. The van der Waals surface area contributed by atoms with E-state index >= 15 is 0 Å². The molecule has 0 atom stereocenters. The fourth-order valence-corrected chi connectivity index (χ4v) is 2.49. The van der Waals surface area contributed by atoms with Gasteiger partial charge in [0.05, 0.1) is 31.5 Å². The molecule has 0 spiro atoms. The van der Waals surface area contributed by atoms with E-state index in [0.29, 0.717) is 6.54 Å². The van der Waals surface area contributed by atoms with Crippen LogP contribution in [0.25, 0.3) is 0 Å². The van der Waals surface area contributed by atoms with Crippen molar-refractivity contribution in [3.63, 3.8) is 0 Å². The molecule has 2 rings (SSSR count). The molecular weight excluding hydrogens is 390 g/mol. The number of carbonyl (C=O) groups excluding carboxylic acids is 3. The molecule has 8 heteroatoms. The number of benzene rings is 2. The lowest BCUT2D eigenvalue weighted by atomic mass is 10.1. The van der Waals surface area contributed by atoms with Gasteiger partial charge in [-0.1, -0.05) is 12.1 Å². The minimum Gasteiger partial charge on any atom is -0.497 e. The minimum absolute atomic E-state index is 0.135. The van der Waals surface area contributed by atoms with Gasteiger partial charge in [0.25, 0.3) is 5.91 Å². The van der Waals surface area contributed by atoms with E-state index in [1.807, 2.05) is 12.1 Å². The summed E-state index contributed by atoms with van der Waals surface area (Å²) in [4.78, 5) is 36.2. The Balaban J connectivity index is 2.01. The maximum absolute atomic E-state index is 12.1. The highest BCUT2D eigenvalue weighted by Crippen LogP contribution is 2.19. The fraction of sp³-hybridized carbons (Fsp3) is 0.318. The molecule has 0 saturated heterocycles. The molecule has 0 aromatic heterocycles. The largest absolute Gasteiger partial charge is 0.497 e. The zero-order valence-electron chi connectivity index (χ0n) is 17.2. The van der Waals surface area contributed by atoms with Crippen LogP contribution in [0.5, 0.6) is 11.5 Å². The molecule has 160 valence electrons. The van der Waals surface area contributed by atoms with Gasteiger partial charge in [-0.3, -0.25) is 4.79 Å². The Bertz CT molecular complexity index is 841. The van der Waals surface area contributed by atoms with Gasteiger partial charge in [-0.05, 0) is 49.7 Å². The number of rotatable bonds is 10. The number of carbonyl (C=O) groups is 3.